The summed E-state index contributed by atoms with van der Waals surface area (Å²) in [6.07, 6.45) is 19.7. The molecular weight excluding hydrogens is 192 g/mol. The Kier molecular flexibility index (Phi) is 4.93. The fraction of sp³-hybridized carbons (Fsp3) is 0.875. The van der Waals surface area contributed by atoms with Crippen molar-refractivity contribution in [1.29, 1.82) is 0 Å². The summed E-state index contributed by atoms with van der Waals surface area (Å²) in [5.41, 5.74) is 0. The average Bonchev–Trinajstić information content (AvgIpc) is 2.38. The molecule has 0 heterocycles. The standard InChI is InChI=1S/C16H28/c1-2-3-7-14-10-12-16(13-11-14)15-8-5-4-6-9-15/h3,7,14-16H,2,4-6,8-13H2,1H3/b7-3+. The second-order valence-corrected chi connectivity index (χ2v) is 5.91. The molecule has 0 amide bonds. The third-order valence-electron chi connectivity index (χ3n) is 4.78. The van der Waals surface area contributed by atoms with Gasteiger partial charge in [0.05, 0.1) is 0 Å². The molecule has 0 unspecified atom stereocenters. The molecule has 0 aliphatic heterocycles. The first-order valence-corrected chi connectivity index (χ1v) is 7.56. The van der Waals surface area contributed by atoms with Gasteiger partial charge in [0.1, 0.15) is 0 Å². The van der Waals surface area contributed by atoms with Gasteiger partial charge in [-0.05, 0) is 49.9 Å². The number of rotatable bonds is 3. The van der Waals surface area contributed by atoms with Gasteiger partial charge in [-0.2, -0.15) is 0 Å². The van der Waals surface area contributed by atoms with E-state index in [1.165, 1.54) is 51.4 Å². The molecule has 2 saturated carbocycles. The van der Waals surface area contributed by atoms with E-state index in [0.29, 0.717) is 0 Å². The zero-order chi connectivity index (χ0) is 11.2. The van der Waals surface area contributed by atoms with Gasteiger partial charge in [-0.1, -0.05) is 51.2 Å². The Morgan fingerprint density at radius 3 is 2.06 bits per heavy atom. The molecule has 0 radical (unpaired) electrons. The Bertz CT molecular complexity index is 202. The fourth-order valence-electron chi connectivity index (χ4n) is 3.74. The summed E-state index contributed by atoms with van der Waals surface area (Å²) in [7, 11) is 0. The molecular formula is C16H28. The summed E-state index contributed by atoms with van der Waals surface area (Å²) in [5.74, 6) is 3.11. The SMILES string of the molecule is CC/C=C/C1CCC(C2CCCCC2)CC1. The first kappa shape index (κ1) is 12.2. The Hall–Kier alpha value is -0.260. The highest BCUT2D eigenvalue weighted by molar-refractivity contribution is 4.91. The minimum absolute atomic E-state index is 0.916. The van der Waals surface area contributed by atoms with Crippen molar-refractivity contribution in [3.8, 4) is 0 Å². The third kappa shape index (κ3) is 3.37. The van der Waals surface area contributed by atoms with Crippen LogP contribution in [0.5, 0.6) is 0 Å². The third-order valence-corrected chi connectivity index (χ3v) is 4.78. The molecule has 0 aromatic rings. The predicted octanol–water partition coefficient (Wildman–Crippen LogP) is 5.34. The van der Waals surface area contributed by atoms with E-state index in [-0.39, 0.29) is 0 Å². The van der Waals surface area contributed by atoms with E-state index in [1.807, 2.05) is 0 Å². The molecule has 2 aliphatic carbocycles. The molecule has 0 heteroatoms. The van der Waals surface area contributed by atoms with Gasteiger partial charge in [0.15, 0.2) is 0 Å². The van der Waals surface area contributed by atoms with Crippen molar-refractivity contribution in [3.63, 3.8) is 0 Å². The fourth-order valence-corrected chi connectivity index (χ4v) is 3.74. The van der Waals surface area contributed by atoms with E-state index in [9.17, 15) is 0 Å². The predicted molar refractivity (Wildman–Crippen MR) is 71.5 cm³/mol. The molecule has 2 fully saturated rings. The average molecular weight is 220 g/mol. The lowest BCUT2D eigenvalue weighted by molar-refractivity contribution is 0.180. The second kappa shape index (κ2) is 6.47. The molecule has 2 rings (SSSR count). The highest BCUT2D eigenvalue weighted by Crippen LogP contribution is 2.40. The summed E-state index contributed by atoms with van der Waals surface area (Å²) in [4.78, 5) is 0. The van der Waals surface area contributed by atoms with Crippen LogP contribution in [0.3, 0.4) is 0 Å². The number of hydrogen-bond acceptors (Lipinski definition) is 0. The molecule has 0 saturated heterocycles. The molecule has 16 heavy (non-hydrogen) atoms. The van der Waals surface area contributed by atoms with Crippen LogP contribution in [-0.2, 0) is 0 Å². The van der Waals surface area contributed by atoms with Gasteiger partial charge < -0.3 is 0 Å². The molecule has 0 atom stereocenters. The molecule has 0 N–H and O–H groups in total. The monoisotopic (exact) mass is 220 g/mol. The number of hydrogen-bond donors (Lipinski definition) is 0. The van der Waals surface area contributed by atoms with Gasteiger partial charge in [-0.3, -0.25) is 0 Å². The van der Waals surface area contributed by atoms with Crippen LogP contribution in [0, 0.1) is 17.8 Å². The maximum absolute atomic E-state index is 2.48. The van der Waals surface area contributed by atoms with Gasteiger partial charge in [0, 0.05) is 0 Å². The highest BCUT2D eigenvalue weighted by Gasteiger charge is 2.27. The zero-order valence-electron chi connectivity index (χ0n) is 11.0. The second-order valence-electron chi connectivity index (χ2n) is 5.91. The Morgan fingerprint density at radius 2 is 1.44 bits per heavy atom. The maximum Gasteiger partial charge on any atom is -0.0233 e. The topological polar surface area (TPSA) is 0 Å². The minimum atomic E-state index is 0.916. The number of allylic oxidation sites excluding steroid dienone is 2. The zero-order valence-corrected chi connectivity index (χ0v) is 11.0. The highest BCUT2D eigenvalue weighted by atomic mass is 14.3. The lowest BCUT2D eigenvalue weighted by Gasteiger charge is -2.35. The maximum atomic E-state index is 2.48. The van der Waals surface area contributed by atoms with Crippen LogP contribution >= 0.6 is 0 Å². The van der Waals surface area contributed by atoms with E-state index in [0.717, 1.165) is 17.8 Å². The van der Waals surface area contributed by atoms with Gasteiger partial charge >= 0.3 is 0 Å². The van der Waals surface area contributed by atoms with Gasteiger partial charge in [-0.15, -0.1) is 0 Å². The lowest BCUT2D eigenvalue weighted by Crippen LogP contribution is -2.23. The van der Waals surface area contributed by atoms with Crippen molar-refractivity contribution in [2.75, 3.05) is 0 Å². The van der Waals surface area contributed by atoms with Gasteiger partial charge in [0.2, 0.25) is 0 Å². The van der Waals surface area contributed by atoms with Crippen LogP contribution in [-0.4, -0.2) is 0 Å². The summed E-state index contributed by atoms with van der Waals surface area (Å²) in [6.45, 7) is 2.24. The van der Waals surface area contributed by atoms with Crippen LogP contribution in [0.2, 0.25) is 0 Å². The Morgan fingerprint density at radius 1 is 0.812 bits per heavy atom. The van der Waals surface area contributed by atoms with Crippen molar-refractivity contribution >= 4 is 0 Å². The summed E-state index contributed by atoms with van der Waals surface area (Å²) in [6, 6.07) is 0. The van der Waals surface area contributed by atoms with E-state index in [1.54, 1.807) is 12.8 Å². The van der Waals surface area contributed by atoms with E-state index in [4.69, 9.17) is 0 Å². The van der Waals surface area contributed by atoms with Crippen LogP contribution in [0.1, 0.15) is 71.1 Å². The van der Waals surface area contributed by atoms with Crippen LogP contribution in [0.15, 0.2) is 12.2 Å². The molecule has 0 spiro atoms. The molecule has 0 aromatic carbocycles. The Balaban J connectivity index is 1.73. The molecule has 0 nitrogen and oxygen atoms in total. The largest absolute Gasteiger partial charge is 0.0885 e. The van der Waals surface area contributed by atoms with Gasteiger partial charge in [-0.25, -0.2) is 0 Å². The van der Waals surface area contributed by atoms with E-state index in [2.05, 4.69) is 19.1 Å². The minimum Gasteiger partial charge on any atom is -0.0885 e. The van der Waals surface area contributed by atoms with E-state index >= 15 is 0 Å². The van der Waals surface area contributed by atoms with Crippen LogP contribution < -0.4 is 0 Å². The molecule has 0 bridgehead atoms. The molecule has 92 valence electrons. The summed E-state index contributed by atoms with van der Waals surface area (Å²) >= 11 is 0. The quantitative estimate of drug-likeness (QED) is 0.563. The summed E-state index contributed by atoms with van der Waals surface area (Å²) in [5, 5.41) is 0. The molecule has 0 aromatic heterocycles. The normalized spacial score (nSPS) is 33.3. The lowest BCUT2D eigenvalue weighted by atomic mass is 9.71. The smallest absolute Gasteiger partial charge is 0.0233 e. The van der Waals surface area contributed by atoms with Crippen molar-refractivity contribution in [2.45, 2.75) is 71.1 Å². The Labute approximate surface area is 102 Å². The van der Waals surface area contributed by atoms with Crippen molar-refractivity contribution in [1.82, 2.24) is 0 Å². The van der Waals surface area contributed by atoms with Crippen LogP contribution in [0.25, 0.3) is 0 Å². The first-order chi connectivity index (χ1) is 7.90. The van der Waals surface area contributed by atoms with Crippen molar-refractivity contribution in [3.05, 3.63) is 12.2 Å². The first-order valence-electron chi connectivity index (χ1n) is 7.56. The van der Waals surface area contributed by atoms with E-state index < -0.39 is 0 Å². The summed E-state index contributed by atoms with van der Waals surface area (Å²) < 4.78 is 0. The van der Waals surface area contributed by atoms with Gasteiger partial charge in [0.25, 0.3) is 0 Å². The van der Waals surface area contributed by atoms with Crippen LogP contribution in [0.4, 0.5) is 0 Å². The molecule has 2 aliphatic rings. The van der Waals surface area contributed by atoms with Crippen molar-refractivity contribution < 1.29 is 0 Å². The van der Waals surface area contributed by atoms with Crippen molar-refractivity contribution in [2.24, 2.45) is 17.8 Å².